The fraction of sp³-hybridized carbons (Fsp3) is 0.455. The van der Waals surface area contributed by atoms with Gasteiger partial charge in [0.2, 0.25) is 0 Å². The molecule has 8 nitrogen and oxygen atoms in total. The van der Waals surface area contributed by atoms with Crippen molar-refractivity contribution >= 4 is 29.1 Å². The summed E-state index contributed by atoms with van der Waals surface area (Å²) in [6.45, 7) is 1.57. The van der Waals surface area contributed by atoms with Gasteiger partial charge in [0.1, 0.15) is 12.0 Å². The van der Waals surface area contributed by atoms with Gasteiger partial charge in [-0.2, -0.15) is 11.8 Å². The van der Waals surface area contributed by atoms with Gasteiger partial charge in [-0.15, -0.1) is 0 Å². The van der Waals surface area contributed by atoms with Crippen molar-refractivity contribution in [2.24, 2.45) is 10.9 Å². The molecule has 0 amide bonds. The molecule has 1 aliphatic rings. The highest BCUT2D eigenvalue weighted by molar-refractivity contribution is 7.99. The topological polar surface area (TPSA) is 118 Å². The molecule has 0 saturated carbocycles. The minimum Gasteiger partial charge on any atom is -0.409 e. The molecule has 0 radical (unpaired) electrons. The second kappa shape index (κ2) is 6.42. The fourth-order valence-electron chi connectivity index (χ4n) is 2.00. The summed E-state index contributed by atoms with van der Waals surface area (Å²) in [5.41, 5.74) is 5.72. The van der Waals surface area contributed by atoms with Crippen LogP contribution in [0.3, 0.4) is 0 Å². The Labute approximate surface area is 119 Å². The summed E-state index contributed by atoms with van der Waals surface area (Å²) >= 11 is 1.85. The van der Waals surface area contributed by atoms with E-state index in [4.69, 9.17) is 10.9 Å². The molecule has 2 heterocycles. The summed E-state index contributed by atoms with van der Waals surface area (Å²) in [6, 6.07) is 1.29. The van der Waals surface area contributed by atoms with Crippen molar-refractivity contribution < 1.29 is 10.1 Å². The van der Waals surface area contributed by atoms with E-state index in [0.717, 1.165) is 31.0 Å². The number of amidine groups is 1. The molecule has 1 saturated heterocycles. The maximum Gasteiger partial charge on any atom is 0.288 e. The number of hydrogen-bond acceptors (Lipinski definition) is 7. The van der Waals surface area contributed by atoms with E-state index >= 15 is 0 Å². The predicted octanol–water partition coefficient (Wildman–Crippen LogP) is 1.03. The van der Waals surface area contributed by atoms with Gasteiger partial charge in [-0.3, -0.25) is 10.1 Å². The molecule has 2 rings (SSSR count). The number of nitro groups is 1. The van der Waals surface area contributed by atoms with E-state index < -0.39 is 4.92 Å². The van der Waals surface area contributed by atoms with Crippen LogP contribution >= 0.6 is 11.8 Å². The Hall–Kier alpha value is -2.03. The van der Waals surface area contributed by atoms with Gasteiger partial charge < -0.3 is 15.8 Å². The minimum absolute atomic E-state index is 0.173. The zero-order valence-corrected chi connectivity index (χ0v) is 11.5. The number of hydrogen-bond donors (Lipinski definition) is 2. The van der Waals surface area contributed by atoms with Gasteiger partial charge in [-0.25, -0.2) is 4.98 Å². The van der Waals surface area contributed by atoms with E-state index in [1.54, 1.807) is 0 Å². The standard InChI is InChI=1S/C11H15N5O3S/c12-10(14-17)9-6-8(16(18)19)7-13-11(9)15-2-1-4-20-5-3-15/h6-7,17H,1-5H2,(H2,12,14). The highest BCUT2D eigenvalue weighted by atomic mass is 32.2. The maximum atomic E-state index is 10.8. The van der Waals surface area contributed by atoms with Crippen molar-refractivity contribution in [3.8, 4) is 0 Å². The number of thioether (sulfide) groups is 1. The number of pyridine rings is 1. The monoisotopic (exact) mass is 297 g/mol. The highest BCUT2D eigenvalue weighted by Crippen LogP contribution is 2.24. The molecular weight excluding hydrogens is 282 g/mol. The van der Waals surface area contributed by atoms with Gasteiger partial charge >= 0.3 is 0 Å². The van der Waals surface area contributed by atoms with Crippen LogP contribution in [-0.4, -0.2) is 45.5 Å². The second-order valence-electron chi connectivity index (χ2n) is 4.26. The zero-order chi connectivity index (χ0) is 14.5. The summed E-state index contributed by atoms with van der Waals surface area (Å²) in [5, 5.41) is 22.6. The average molecular weight is 297 g/mol. The third-order valence-electron chi connectivity index (χ3n) is 2.97. The van der Waals surface area contributed by atoms with E-state index in [0.29, 0.717) is 5.82 Å². The van der Waals surface area contributed by atoms with E-state index in [2.05, 4.69) is 10.1 Å². The van der Waals surface area contributed by atoms with Crippen molar-refractivity contribution in [3.63, 3.8) is 0 Å². The SMILES string of the molecule is NC(=NO)c1cc([N+](=O)[O-])cnc1N1CCCSCC1. The van der Waals surface area contributed by atoms with Crippen molar-refractivity contribution in [2.75, 3.05) is 29.5 Å². The molecule has 20 heavy (non-hydrogen) atoms. The largest absolute Gasteiger partial charge is 0.409 e. The Bertz CT molecular complexity index is 529. The van der Waals surface area contributed by atoms with Crippen LogP contribution < -0.4 is 10.6 Å². The van der Waals surface area contributed by atoms with Crippen LogP contribution in [0.15, 0.2) is 17.4 Å². The van der Waals surface area contributed by atoms with Gasteiger partial charge in [-0.05, 0) is 12.2 Å². The van der Waals surface area contributed by atoms with Crippen LogP contribution in [0.5, 0.6) is 0 Å². The van der Waals surface area contributed by atoms with E-state index in [1.165, 1.54) is 12.3 Å². The Kier molecular flexibility index (Phi) is 4.61. The van der Waals surface area contributed by atoms with Gasteiger partial charge in [0.15, 0.2) is 5.84 Å². The van der Waals surface area contributed by atoms with Crippen molar-refractivity contribution in [1.82, 2.24) is 4.98 Å². The van der Waals surface area contributed by atoms with Crippen LogP contribution in [0.1, 0.15) is 12.0 Å². The molecule has 0 aromatic carbocycles. The Morgan fingerprint density at radius 2 is 2.35 bits per heavy atom. The van der Waals surface area contributed by atoms with Crippen molar-refractivity contribution in [3.05, 3.63) is 27.9 Å². The molecule has 9 heteroatoms. The summed E-state index contributed by atoms with van der Waals surface area (Å²) in [7, 11) is 0. The van der Waals surface area contributed by atoms with E-state index in [1.807, 2.05) is 16.7 Å². The Morgan fingerprint density at radius 3 is 3.05 bits per heavy atom. The molecule has 108 valence electrons. The van der Waals surface area contributed by atoms with Crippen LogP contribution in [0, 0.1) is 10.1 Å². The lowest BCUT2D eigenvalue weighted by molar-refractivity contribution is -0.385. The number of nitrogens with two attached hydrogens (primary N) is 1. The Balaban J connectivity index is 2.42. The maximum absolute atomic E-state index is 10.8. The lowest BCUT2D eigenvalue weighted by atomic mass is 10.2. The number of aromatic nitrogens is 1. The van der Waals surface area contributed by atoms with Crippen LogP contribution in [-0.2, 0) is 0 Å². The zero-order valence-electron chi connectivity index (χ0n) is 10.7. The molecule has 0 spiro atoms. The summed E-state index contributed by atoms with van der Waals surface area (Å²) < 4.78 is 0. The molecule has 0 aliphatic carbocycles. The molecule has 1 aromatic heterocycles. The number of rotatable bonds is 3. The first-order chi connectivity index (χ1) is 9.63. The lowest BCUT2D eigenvalue weighted by Gasteiger charge is -2.23. The lowest BCUT2D eigenvalue weighted by Crippen LogP contribution is -2.29. The van der Waals surface area contributed by atoms with Gasteiger partial charge in [0.05, 0.1) is 10.5 Å². The molecule has 1 aromatic rings. The normalized spacial score (nSPS) is 16.8. The number of oxime groups is 1. The molecule has 1 aliphatic heterocycles. The summed E-state index contributed by atoms with van der Waals surface area (Å²) in [4.78, 5) is 16.4. The highest BCUT2D eigenvalue weighted by Gasteiger charge is 2.20. The third kappa shape index (κ3) is 3.10. The minimum atomic E-state index is -0.552. The first kappa shape index (κ1) is 14.4. The summed E-state index contributed by atoms with van der Waals surface area (Å²) in [6.07, 6.45) is 2.19. The molecule has 0 atom stereocenters. The first-order valence-corrected chi connectivity index (χ1v) is 7.24. The molecule has 0 unspecified atom stereocenters. The van der Waals surface area contributed by atoms with Crippen LogP contribution in [0.4, 0.5) is 11.5 Å². The van der Waals surface area contributed by atoms with Gasteiger partial charge in [0, 0.05) is 24.9 Å². The molecule has 3 N–H and O–H groups in total. The van der Waals surface area contributed by atoms with Crippen LogP contribution in [0.25, 0.3) is 0 Å². The van der Waals surface area contributed by atoms with Crippen LogP contribution in [0.2, 0.25) is 0 Å². The van der Waals surface area contributed by atoms with E-state index in [-0.39, 0.29) is 17.1 Å². The molecular formula is C11H15N5O3S. The summed E-state index contributed by atoms with van der Waals surface area (Å²) in [5.74, 6) is 2.37. The van der Waals surface area contributed by atoms with Crippen molar-refractivity contribution in [1.29, 1.82) is 0 Å². The molecule has 0 bridgehead atoms. The quantitative estimate of drug-likeness (QED) is 0.281. The average Bonchev–Trinajstić information content (AvgIpc) is 2.74. The fourth-order valence-corrected chi connectivity index (χ4v) is 2.89. The first-order valence-electron chi connectivity index (χ1n) is 6.08. The Morgan fingerprint density at radius 1 is 1.55 bits per heavy atom. The third-order valence-corrected chi connectivity index (χ3v) is 4.02. The number of anilines is 1. The van der Waals surface area contributed by atoms with Crippen molar-refractivity contribution in [2.45, 2.75) is 6.42 Å². The predicted molar refractivity (Wildman–Crippen MR) is 77.6 cm³/mol. The molecule has 1 fully saturated rings. The second-order valence-corrected chi connectivity index (χ2v) is 5.48. The smallest absolute Gasteiger partial charge is 0.288 e. The van der Waals surface area contributed by atoms with Gasteiger partial charge in [-0.1, -0.05) is 5.16 Å². The van der Waals surface area contributed by atoms with Gasteiger partial charge in [0.25, 0.3) is 5.69 Å². The number of nitrogens with zero attached hydrogens (tertiary/aromatic N) is 4. The van der Waals surface area contributed by atoms with E-state index in [9.17, 15) is 10.1 Å².